The highest BCUT2D eigenvalue weighted by molar-refractivity contribution is 6.12. The Kier molecular flexibility index (Phi) is 8.07. The van der Waals surface area contributed by atoms with Crippen molar-refractivity contribution in [2.75, 3.05) is 6.61 Å². The molecular weight excluding hydrogens is 488 g/mol. The van der Waals surface area contributed by atoms with Crippen LogP contribution in [0.3, 0.4) is 0 Å². The molecule has 0 aliphatic carbocycles. The van der Waals surface area contributed by atoms with Gasteiger partial charge in [-0.15, -0.1) is 0 Å². The summed E-state index contributed by atoms with van der Waals surface area (Å²) in [6.45, 7) is 4.16. The third-order valence-corrected chi connectivity index (χ3v) is 6.80. The Morgan fingerprint density at radius 1 is 0.846 bits per heavy atom. The molecule has 0 fully saturated rings. The minimum Gasteiger partial charge on any atom is -0.478 e. The molecule has 198 valence electrons. The maximum Gasteiger partial charge on any atom is 0.347 e. The van der Waals surface area contributed by atoms with Crippen LogP contribution in [0.5, 0.6) is 5.75 Å². The standard InChI is InChI=1S/C34H32O5/c1-3-5-14-29(35)32-28-13-9-10-15-30(28)39-33(32)26-17-16-25-22-27(19-18-24(25)21-26)38-31(34(36)37-4-2)20-23-11-7-6-8-12-23/h6-13,15-19,21-22,31H,3-5,14,20H2,1-2H3. The molecule has 1 unspecified atom stereocenters. The van der Waals surface area contributed by atoms with E-state index in [0.29, 0.717) is 42.1 Å². The summed E-state index contributed by atoms with van der Waals surface area (Å²) < 4.78 is 17.6. The highest BCUT2D eigenvalue weighted by atomic mass is 16.6. The van der Waals surface area contributed by atoms with E-state index in [2.05, 4.69) is 6.92 Å². The third kappa shape index (κ3) is 5.88. The summed E-state index contributed by atoms with van der Waals surface area (Å²) in [4.78, 5) is 25.9. The zero-order chi connectivity index (χ0) is 27.2. The molecule has 1 heterocycles. The summed E-state index contributed by atoms with van der Waals surface area (Å²) in [6, 6.07) is 29.2. The van der Waals surface area contributed by atoms with Crippen LogP contribution in [0.25, 0.3) is 33.1 Å². The van der Waals surface area contributed by atoms with Gasteiger partial charge in [0.25, 0.3) is 0 Å². The molecule has 0 N–H and O–H groups in total. The number of hydrogen-bond acceptors (Lipinski definition) is 5. The van der Waals surface area contributed by atoms with Crippen molar-refractivity contribution >= 4 is 33.5 Å². The lowest BCUT2D eigenvalue weighted by Gasteiger charge is -2.18. The molecule has 39 heavy (non-hydrogen) atoms. The molecule has 4 aromatic carbocycles. The van der Waals surface area contributed by atoms with Gasteiger partial charge in [-0.1, -0.05) is 80.1 Å². The van der Waals surface area contributed by atoms with E-state index < -0.39 is 6.10 Å². The van der Waals surface area contributed by atoms with E-state index >= 15 is 0 Å². The Hall–Kier alpha value is -4.38. The minimum atomic E-state index is -0.753. The molecule has 0 aliphatic heterocycles. The van der Waals surface area contributed by atoms with Crippen LogP contribution in [-0.2, 0) is 16.0 Å². The van der Waals surface area contributed by atoms with Gasteiger partial charge in [0.15, 0.2) is 11.9 Å². The van der Waals surface area contributed by atoms with Crippen LogP contribution in [0.4, 0.5) is 0 Å². The number of Topliss-reactive ketones (excluding diaryl/α,β-unsaturated/α-hetero) is 1. The van der Waals surface area contributed by atoms with E-state index in [1.54, 1.807) is 6.92 Å². The predicted octanol–water partition coefficient (Wildman–Crippen LogP) is 8.18. The minimum absolute atomic E-state index is 0.101. The topological polar surface area (TPSA) is 65.7 Å². The first-order chi connectivity index (χ1) is 19.1. The number of unbranched alkanes of at least 4 members (excludes halogenated alkanes) is 1. The van der Waals surface area contributed by atoms with E-state index in [9.17, 15) is 9.59 Å². The van der Waals surface area contributed by atoms with Crippen molar-refractivity contribution in [1.82, 2.24) is 0 Å². The van der Waals surface area contributed by atoms with E-state index in [4.69, 9.17) is 13.9 Å². The monoisotopic (exact) mass is 520 g/mol. The van der Waals surface area contributed by atoms with Crippen molar-refractivity contribution in [3.63, 3.8) is 0 Å². The van der Waals surface area contributed by atoms with Gasteiger partial charge < -0.3 is 13.9 Å². The summed E-state index contributed by atoms with van der Waals surface area (Å²) in [5.74, 6) is 0.902. The van der Waals surface area contributed by atoms with Crippen molar-refractivity contribution in [3.8, 4) is 17.1 Å². The fourth-order valence-electron chi connectivity index (χ4n) is 4.83. The number of fused-ring (bicyclic) bond motifs is 2. The lowest BCUT2D eigenvalue weighted by atomic mass is 9.97. The van der Waals surface area contributed by atoms with Crippen LogP contribution in [0.1, 0.15) is 49.0 Å². The molecule has 0 spiro atoms. The molecule has 5 rings (SSSR count). The Morgan fingerprint density at radius 3 is 2.38 bits per heavy atom. The SMILES string of the molecule is CCCCC(=O)c1c(-c2ccc3cc(OC(Cc4ccccc4)C(=O)OCC)ccc3c2)oc2ccccc12. The maximum atomic E-state index is 13.2. The molecular formula is C34H32O5. The summed E-state index contributed by atoms with van der Waals surface area (Å²) in [6.07, 6.45) is 1.95. The van der Waals surface area contributed by atoms with Crippen LogP contribution >= 0.6 is 0 Å². The smallest absolute Gasteiger partial charge is 0.347 e. The zero-order valence-corrected chi connectivity index (χ0v) is 22.3. The number of furan rings is 1. The number of rotatable bonds is 11. The number of carbonyl (C=O) groups is 2. The first kappa shape index (κ1) is 26.2. The number of ketones is 1. The Morgan fingerprint density at radius 2 is 1.59 bits per heavy atom. The molecule has 5 heteroatoms. The molecule has 0 radical (unpaired) electrons. The number of benzene rings is 4. The van der Waals surface area contributed by atoms with Gasteiger partial charge >= 0.3 is 5.97 Å². The van der Waals surface area contributed by atoms with Crippen molar-refractivity contribution in [3.05, 3.63) is 102 Å². The average Bonchev–Trinajstić information content (AvgIpc) is 3.36. The molecule has 0 saturated carbocycles. The van der Waals surface area contributed by atoms with Crippen LogP contribution in [0, 0.1) is 0 Å². The largest absolute Gasteiger partial charge is 0.478 e. The quantitative estimate of drug-likeness (QED) is 0.130. The van der Waals surface area contributed by atoms with E-state index in [1.807, 2.05) is 91.0 Å². The zero-order valence-electron chi connectivity index (χ0n) is 22.3. The molecule has 0 aliphatic rings. The second-order valence-electron chi connectivity index (χ2n) is 9.60. The van der Waals surface area contributed by atoms with E-state index in [1.165, 1.54) is 0 Å². The number of carbonyl (C=O) groups excluding carboxylic acids is 2. The van der Waals surface area contributed by atoms with Gasteiger partial charge in [-0.25, -0.2) is 4.79 Å². The van der Waals surface area contributed by atoms with Gasteiger partial charge in [0.2, 0.25) is 0 Å². The molecule has 5 nitrogen and oxygen atoms in total. The Labute approximate surface area is 228 Å². The lowest BCUT2D eigenvalue weighted by Crippen LogP contribution is -2.31. The number of para-hydroxylation sites is 1. The Balaban J connectivity index is 1.45. The highest BCUT2D eigenvalue weighted by Gasteiger charge is 2.24. The normalized spacial score (nSPS) is 11.9. The average molecular weight is 521 g/mol. The lowest BCUT2D eigenvalue weighted by molar-refractivity contribution is -0.151. The van der Waals surface area contributed by atoms with Crippen LogP contribution in [0.15, 0.2) is 95.4 Å². The van der Waals surface area contributed by atoms with Crippen LogP contribution < -0.4 is 4.74 Å². The van der Waals surface area contributed by atoms with Gasteiger partial charge in [0, 0.05) is 23.8 Å². The van der Waals surface area contributed by atoms with E-state index in [-0.39, 0.29) is 11.8 Å². The Bertz CT molecular complexity index is 1600. The molecule has 5 aromatic rings. The van der Waals surface area contributed by atoms with Crippen molar-refractivity contribution in [2.45, 2.75) is 45.6 Å². The van der Waals surface area contributed by atoms with E-state index in [0.717, 1.165) is 40.1 Å². The summed E-state index contributed by atoms with van der Waals surface area (Å²) in [5.41, 5.74) is 3.20. The third-order valence-electron chi connectivity index (χ3n) is 6.80. The first-order valence-electron chi connectivity index (χ1n) is 13.5. The first-order valence-corrected chi connectivity index (χ1v) is 13.5. The molecule has 0 amide bonds. The van der Waals surface area contributed by atoms with Crippen molar-refractivity contribution in [2.24, 2.45) is 0 Å². The van der Waals surface area contributed by atoms with Gasteiger partial charge in [-0.3, -0.25) is 4.79 Å². The summed E-state index contributed by atoms with van der Waals surface area (Å²) in [7, 11) is 0. The molecule has 0 bridgehead atoms. The second-order valence-corrected chi connectivity index (χ2v) is 9.60. The number of esters is 1. The summed E-state index contributed by atoms with van der Waals surface area (Å²) in [5, 5.41) is 2.78. The number of ether oxygens (including phenoxy) is 2. The summed E-state index contributed by atoms with van der Waals surface area (Å²) >= 11 is 0. The van der Waals surface area contributed by atoms with Gasteiger partial charge in [0.05, 0.1) is 12.2 Å². The predicted molar refractivity (Wildman–Crippen MR) is 154 cm³/mol. The molecule has 0 saturated heterocycles. The van der Waals surface area contributed by atoms with Gasteiger partial charge in [0.1, 0.15) is 17.1 Å². The van der Waals surface area contributed by atoms with Crippen LogP contribution in [0.2, 0.25) is 0 Å². The van der Waals surface area contributed by atoms with Gasteiger partial charge in [-0.05, 0) is 53.9 Å². The fraction of sp³-hybridized carbons (Fsp3) is 0.235. The van der Waals surface area contributed by atoms with Crippen molar-refractivity contribution < 1.29 is 23.5 Å². The fourth-order valence-corrected chi connectivity index (χ4v) is 4.83. The maximum absolute atomic E-state index is 13.2. The highest BCUT2D eigenvalue weighted by Crippen LogP contribution is 2.36. The van der Waals surface area contributed by atoms with Crippen molar-refractivity contribution in [1.29, 1.82) is 0 Å². The molecule has 1 aromatic heterocycles. The molecule has 1 atom stereocenters. The second kappa shape index (κ2) is 12.0. The van der Waals surface area contributed by atoms with Crippen LogP contribution in [-0.4, -0.2) is 24.5 Å². The number of hydrogen-bond donors (Lipinski definition) is 0. The van der Waals surface area contributed by atoms with Gasteiger partial charge in [-0.2, -0.15) is 0 Å².